The van der Waals surface area contributed by atoms with Crippen molar-refractivity contribution in [1.29, 1.82) is 0 Å². The molecule has 1 amide bonds. The fraction of sp³-hybridized carbons (Fsp3) is 0.500. The molecule has 98 valence electrons. The van der Waals surface area contributed by atoms with Crippen LogP contribution in [0.25, 0.3) is 0 Å². The maximum Gasteiger partial charge on any atom is 0.236 e. The molecule has 1 N–H and O–H groups in total. The molecule has 0 spiro atoms. The first-order chi connectivity index (χ1) is 8.63. The van der Waals surface area contributed by atoms with Gasteiger partial charge in [-0.2, -0.15) is 0 Å². The van der Waals surface area contributed by atoms with Gasteiger partial charge in [-0.05, 0) is 37.0 Å². The number of nitrogens with one attached hydrogen (secondary N) is 1. The minimum absolute atomic E-state index is 0.154. The van der Waals surface area contributed by atoms with Crippen molar-refractivity contribution in [2.45, 2.75) is 25.8 Å². The lowest BCUT2D eigenvalue weighted by Gasteiger charge is -2.18. The van der Waals surface area contributed by atoms with Gasteiger partial charge in [0.05, 0.1) is 6.54 Å². The summed E-state index contributed by atoms with van der Waals surface area (Å²) in [7, 11) is 1.84. The molecule has 0 saturated carbocycles. The molecule has 3 nitrogen and oxygen atoms in total. The highest BCUT2D eigenvalue weighted by molar-refractivity contribution is 9.10. The van der Waals surface area contributed by atoms with Gasteiger partial charge in [0.25, 0.3) is 0 Å². The normalized spacial score (nSPS) is 17.6. The summed E-state index contributed by atoms with van der Waals surface area (Å²) in [6.07, 6.45) is 2.15. The molecule has 0 bridgehead atoms. The molecule has 0 aromatic heterocycles. The van der Waals surface area contributed by atoms with Gasteiger partial charge in [-0.3, -0.25) is 4.79 Å². The van der Waals surface area contributed by atoms with E-state index in [1.54, 1.807) is 4.90 Å². The maximum atomic E-state index is 11.8. The van der Waals surface area contributed by atoms with E-state index in [0.29, 0.717) is 12.6 Å². The molecule has 1 aromatic rings. The third kappa shape index (κ3) is 2.75. The standard InChI is InChI=1S/C14H19BrN2O/c1-3-17(2)14(18)9-16-13-8-7-10-11(13)5-4-6-12(10)15/h4-6,13,16H,3,7-9H2,1-2H3. The van der Waals surface area contributed by atoms with Crippen LogP contribution in [-0.4, -0.2) is 30.9 Å². The Morgan fingerprint density at radius 3 is 3.06 bits per heavy atom. The van der Waals surface area contributed by atoms with Crippen LogP contribution in [-0.2, 0) is 11.2 Å². The van der Waals surface area contributed by atoms with Gasteiger partial charge in [-0.15, -0.1) is 0 Å². The maximum absolute atomic E-state index is 11.8. The topological polar surface area (TPSA) is 32.3 Å². The summed E-state index contributed by atoms with van der Waals surface area (Å²) in [5, 5.41) is 3.37. The number of likely N-dealkylation sites (N-methyl/N-ethyl adjacent to an activating group) is 1. The van der Waals surface area contributed by atoms with Crippen molar-refractivity contribution < 1.29 is 4.79 Å². The zero-order valence-corrected chi connectivity index (χ0v) is 12.5. The van der Waals surface area contributed by atoms with Crippen LogP contribution in [0.4, 0.5) is 0 Å². The highest BCUT2D eigenvalue weighted by atomic mass is 79.9. The number of benzene rings is 1. The van der Waals surface area contributed by atoms with Crippen molar-refractivity contribution in [2.75, 3.05) is 20.1 Å². The van der Waals surface area contributed by atoms with Crippen molar-refractivity contribution in [3.63, 3.8) is 0 Å². The lowest BCUT2D eigenvalue weighted by Crippen LogP contribution is -2.36. The van der Waals surface area contributed by atoms with Gasteiger partial charge in [0.15, 0.2) is 0 Å². The number of carbonyl (C=O) groups is 1. The lowest BCUT2D eigenvalue weighted by molar-refractivity contribution is -0.128. The molecule has 0 aliphatic heterocycles. The number of rotatable bonds is 4. The molecule has 0 saturated heterocycles. The number of amides is 1. The zero-order chi connectivity index (χ0) is 13.1. The first-order valence-corrected chi connectivity index (χ1v) is 7.17. The Morgan fingerprint density at radius 2 is 2.33 bits per heavy atom. The van der Waals surface area contributed by atoms with Crippen LogP contribution in [0.5, 0.6) is 0 Å². The molecule has 0 fully saturated rings. The molecule has 1 unspecified atom stereocenters. The summed E-state index contributed by atoms with van der Waals surface area (Å²) in [4.78, 5) is 13.5. The fourth-order valence-electron chi connectivity index (χ4n) is 2.34. The predicted octanol–water partition coefficient (Wildman–Crippen LogP) is 2.50. The molecule has 4 heteroatoms. The molecular formula is C14H19BrN2O. The largest absolute Gasteiger partial charge is 0.345 e. The highest BCUT2D eigenvalue weighted by Crippen LogP contribution is 2.35. The average molecular weight is 311 g/mol. The van der Waals surface area contributed by atoms with Gasteiger partial charge >= 0.3 is 0 Å². The average Bonchev–Trinajstić information content (AvgIpc) is 2.79. The van der Waals surface area contributed by atoms with E-state index in [9.17, 15) is 4.79 Å². The van der Waals surface area contributed by atoms with Gasteiger partial charge < -0.3 is 10.2 Å². The molecule has 1 aromatic carbocycles. The van der Waals surface area contributed by atoms with Gasteiger partial charge in [-0.1, -0.05) is 28.1 Å². The molecule has 1 aliphatic carbocycles. The molecule has 0 heterocycles. The summed E-state index contributed by atoms with van der Waals surface area (Å²) in [6, 6.07) is 6.60. The molecule has 1 aliphatic rings. The summed E-state index contributed by atoms with van der Waals surface area (Å²) < 4.78 is 1.18. The van der Waals surface area contributed by atoms with Crippen molar-refractivity contribution in [1.82, 2.24) is 10.2 Å². The number of hydrogen-bond acceptors (Lipinski definition) is 2. The number of fused-ring (bicyclic) bond motifs is 1. The van der Waals surface area contributed by atoms with Gasteiger partial charge in [0.1, 0.15) is 0 Å². The van der Waals surface area contributed by atoms with E-state index >= 15 is 0 Å². The van der Waals surface area contributed by atoms with E-state index in [1.807, 2.05) is 14.0 Å². The monoisotopic (exact) mass is 310 g/mol. The first-order valence-electron chi connectivity index (χ1n) is 6.38. The van der Waals surface area contributed by atoms with Gasteiger partial charge in [0, 0.05) is 24.1 Å². The van der Waals surface area contributed by atoms with Crippen molar-refractivity contribution in [3.8, 4) is 0 Å². The SMILES string of the molecule is CCN(C)C(=O)CNC1CCc2c(Br)cccc21. The molecule has 2 rings (SSSR count). The van der Waals surface area contributed by atoms with E-state index in [1.165, 1.54) is 15.6 Å². The molecule has 0 radical (unpaired) electrons. The lowest BCUT2D eigenvalue weighted by atomic mass is 10.1. The number of nitrogens with zero attached hydrogens (tertiary/aromatic N) is 1. The fourth-order valence-corrected chi connectivity index (χ4v) is 2.92. The summed E-state index contributed by atoms with van der Waals surface area (Å²) >= 11 is 3.59. The van der Waals surface area contributed by atoms with Crippen molar-refractivity contribution >= 4 is 21.8 Å². The zero-order valence-electron chi connectivity index (χ0n) is 10.9. The van der Waals surface area contributed by atoms with Crippen LogP contribution >= 0.6 is 15.9 Å². The van der Waals surface area contributed by atoms with Crippen LogP contribution in [0.1, 0.15) is 30.5 Å². The van der Waals surface area contributed by atoms with Crippen LogP contribution in [0.15, 0.2) is 22.7 Å². The Labute approximate surface area is 117 Å². The van der Waals surface area contributed by atoms with Crippen molar-refractivity contribution in [3.05, 3.63) is 33.8 Å². The van der Waals surface area contributed by atoms with Crippen LogP contribution in [0.2, 0.25) is 0 Å². The molecule has 1 atom stereocenters. The number of carbonyl (C=O) groups excluding carboxylic acids is 1. The van der Waals surface area contributed by atoms with E-state index in [0.717, 1.165) is 19.4 Å². The quantitative estimate of drug-likeness (QED) is 0.926. The third-order valence-electron chi connectivity index (χ3n) is 3.61. The van der Waals surface area contributed by atoms with Crippen molar-refractivity contribution in [2.24, 2.45) is 0 Å². The summed E-state index contributed by atoms with van der Waals surface area (Å²) in [5.41, 5.74) is 2.71. The number of hydrogen-bond donors (Lipinski definition) is 1. The second-order valence-corrected chi connectivity index (χ2v) is 5.54. The van der Waals surface area contributed by atoms with Gasteiger partial charge in [0.2, 0.25) is 5.91 Å². The van der Waals surface area contributed by atoms with E-state index in [4.69, 9.17) is 0 Å². The predicted molar refractivity (Wildman–Crippen MR) is 76.5 cm³/mol. The van der Waals surface area contributed by atoms with E-state index in [2.05, 4.69) is 39.4 Å². The Hall–Kier alpha value is -0.870. The highest BCUT2D eigenvalue weighted by Gasteiger charge is 2.24. The van der Waals surface area contributed by atoms with Crippen LogP contribution < -0.4 is 5.32 Å². The second-order valence-electron chi connectivity index (χ2n) is 4.69. The smallest absolute Gasteiger partial charge is 0.236 e. The summed E-state index contributed by atoms with van der Waals surface area (Å²) in [6.45, 7) is 3.16. The Balaban J connectivity index is 1.98. The molecular weight excluding hydrogens is 292 g/mol. The molecule has 18 heavy (non-hydrogen) atoms. The second kappa shape index (κ2) is 5.85. The van der Waals surface area contributed by atoms with Crippen LogP contribution in [0.3, 0.4) is 0 Å². The van der Waals surface area contributed by atoms with Gasteiger partial charge in [-0.25, -0.2) is 0 Å². The minimum Gasteiger partial charge on any atom is -0.345 e. The number of halogens is 1. The third-order valence-corrected chi connectivity index (χ3v) is 4.36. The summed E-state index contributed by atoms with van der Waals surface area (Å²) in [5.74, 6) is 0.154. The first kappa shape index (κ1) is 13.6. The van der Waals surface area contributed by atoms with E-state index in [-0.39, 0.29) is 5.91 Å². The Kier molecular flexibility index (Phi) is 4.40. The Morgan fingerprint density at radius 1 is 1.56 bits per heavy atom. The van der Waals surface area contributed by atoms with Crippen LogP contribution in [0, 0.1) is 0 Å². The minimum atomic E-state index is 0.154. The Bertz CT molecular complexity index is 447. The van der Waals surface area contributed by atoms with E-state index < -0.39 is 0 Å².